The third-order valence-electron chi connectivity index (χ3n) is 5.96. The largest absolute Gasteiger partial charge is 0.311 e. The van der Waals surface area contributed by atoms with Crippen molar-refractivity contribution in [1.82, 2.24) is 5.32 Å². The lowest BCUT2D eigenvalue weighted by molar-refractivity contribution is 0.251. The van der Waals surface area contributed by atoms with Gasteiger partial charge in [0.05, 0.1) is 0 Å². The van der Waals surface area contributed by atoms with Gasteiger partial charge in [0.15, 0.2) is 0 Å². The number of nitrogens with one attached hydrogen (secondary N) is 1. The van der Waals surface area contributed by atoms with Crippen molar-refractivity contribution in [2.75, 3.05) is 0 Å². The second kappa shape index (κ2) is 10.6. The Morgan fingerprint density at radius 1 is 0.571 bits per heavy atom. The van der Waals surface area contributed by atoms with Crippen LogP contribution in [0, 0.1) is 5.92 Å². The maximum Gasteiger partial charge on any atom is 0.00696 e. The Bertz CT molecular complexity index is 232. The average molecular weight is 294 g/mol. The minimum atomic E-state index is 0.753. The Morgan fingerprint density at radius 2 is 0.952 bits per heavy atom. The van der Waals surface area contributed by atoms with Gasteiger partial charge in [0, 0.05) is 12.1 Å². The van der Waals surface area contributed by atoms with Gasteiger partial charge in [0.25, 0.3) is 0 Å². The molecular formula is C20H39N. The van der Waals surface area contributed by atoms with E-state index in [0.29, 0.717) is 0 Å². The van der Waals surface area contributed by atoms with Gasteiger partial charge in [0.1, 0.15) is 0 Å². The van der Waals surface area contributed by atoms with E-state index in [1.165, 1.54) is 103 Å². The second-order valence-electron chi connectivity index (χ2n) is 7.81. The van der Waals surface area contributed by atoms with Gasteiger partial charge in [-0.2, -0.15) is 0 Å². The lowest BCUT2D eigenvalue weighted by Crippen LogP contribution is -2.41. The highest BCUT2D eigenvalue weighted by Crippen LogP contribution is 2.27. The third kappa shape index (κ3) is 7.17. The van der Waals surface area contributed by atoms with E-state index in [1.807, 2.05) is 0 Å². The first-order valence-electron chi connectivity index (χ1n) is 10.1. The van der Waals surface area contributed by atoms with E-state index < -0.39 is 0 Å². The zero-order valence-corrected chi connectivity index (χ0v) is 14.5. The standard InChI is InChI=1S/C20H39N/c1-18(19-14-10-9-11-15-19)21-20-16-12-7-5-3-2-4-6-8-13-17-20/h18-21H,2-17H2,1H3/t18-/m0/s1. The van der Waals surface area contributed by atoms with Gasteiger partial charge in [-0.25, -0.2) is 0 Å². The van der Waals surface area contributed by atoms with Gasteiger partial charge in [0.2, 0.25) is 0 Å². The van der Waals surface area contributed by atoms with Gasteiger partial charge < -0.3 is 5.32 Å². The van der Waals surface area contributed by atoms with Crippen LogP contribution in [0.25, 0.3) is 0 Å². The van der Waals surface area contributed by atoms with Crippen molar-refractivity contribution in [3.05, 3.63) is 0 Å². The zero-order valence-electron chi connectivity index (χ0n) is 14.5. The molecular weight excluding hydrogens is 254 g/mol. The Labute approximate surface area is 133 Å². The molecule has 2 fully saturated rings. The molecule has 0 bridgehead atoms. The molecule has 0 spiro atoms. The highest BCUT2D eigenvalue weighted by Gasteiger charge is 2.22. The van der Waals surface area contributed by atoms with E-state index in [0.717, 1.165) is 18.0 Å². The minimum absolute atomic E-state index is 0.753. The number of hydrogen-bond acceptors (Lipinski definition) is 1. The van der Waals surface area contributed by atoms with Crippen molar-refractivity contribution >= 4 is 0 Å². The van der Waals surface area contributed by atoms with Crippen molar-refractivity contribution in [2.45, 2.75) is 122 Å². The predicted molar refractivity (Wildman–Crippen MR) is 93.7 cm³/mol. The topological polar surface area (TPSA) is 12.0 Å². The van der Waals surface area contributed by atoms with Crippen LogP contribution in [-0.2, 0) is 0 Å². The highest BCUT2D eigenvalue weighted by molar-refractivity contribution is 4.80. The molecule has 0 aromatic carbocycles. The molecule has 1 atom stereocenters. The number of hydrogen-bond donors (Lipinski definition) is 1. The van der Waals surface area contributed by atoms with Crippen LogP contribution >= 0.6 is 0 Å². The summed E-state index contributed by atoms with van der Waals surface area (Å²) >= 11 is 0. The first-order chi connectivity index (χ1) is 10.4. The van der Waals surface area contributed by atoms with E-state index in [9.17, 15) is 0 Å². The van der Waals surface area contributed by atoms with Crippen LogP contribution in [0.15, 0.2) is 0 Å². The summed E-state index contributed by atoms with van der Waals surface area (Å²) in [5, 5.41) is 4.04. The van der Waals surface area contributed by atoms with E-state index in [2.05, 4.69) is 12.2 Å². The third-order valence-corrected chi connectivity index (χ3v) is 5.96. The lowest BCUT2D eigenvalue weighted by atomic mass is 9.84. The predicted octanol–water partition coefficient (Wildman–Crippen LogP) is 6.22. The van der Waals surface area contributed by atoms with Crippen LogP contribution < -0.4 is 5.32 Å². The number of rotatable bonds is 3. The normalized spacial score (nSPS) is 26.7. The van der Waals surface area contributed by atoms with E-state index in [4.69, 9.17) is 0 Å². The first kappa shape index (κ1) is 17.3. The van der Waals surface area contributed by atoms with Crippen LogP contribution in [0.1, 0.15) is 110 Å². The lowest BCUT2D eigenvalue weighted by Gasteiger charge is -2.32. The fourth-order valence-electron chi connectivity index (χ4n) is 4.47. The van der Waals surface area contributed by atoms with Crippen LogP contribution in [0.4, 0.5) is 0 Å². The molecule has 1 heteroatoms. The van der Waals surface area contributed by atoms with Crippen LogP contribution in [0.2, 0.25) is 0 Å². The molecule has 2 saturated carbocycles. The average Bonchev–Trinajstić information content (AvgIpc) is 2.51. The van der Waals surface area contributed by atoms with Crippen LogP contribution in [0.5, 0.6) is 0 Å². The highest BCUT2D eigenvalue weighted by atomic mass is 14.9. The van der Waals surface area contributed by atoms with Crippen molar-refractivity contribution in [2.24, 2.45) is 5.92 Å². The molecule has 0 aromatic heterocycles. The smallest absolute Gasteiger partial charge is 0.00696 e. The summed E-state index contributed by atoms with van der Waals surface area (Å²) in [6.07, 6.45) is 23.5. The molecule has 1 N–H and O–H groups in total. The van der Waals surface area contributed by atoms with Crippen molar-refractivity contribution in [3.8, 4) is 0 Å². The molecule has 21 heavy (non-hydrogen) atoms. The molecule has 0 saturated heterocycles. The Morgan fingerprint density at radius 3 is 1.48 bits per heavy atom. The van der Waals surface area contributed by atoms with E-state index in [1.54, 1.807) is 0 Å². The zero-order chi connectivity index (χ0) is 14.8. The molecule has 0 aliphatic heterocycles. The van der Waals surface area contributed by atoms with Crippen LogP contribution in [-0.4, -0.2) is 12.1 Å². The maximum atomic E-state index is 4.04. The second-order valence-corrected chi connectivity index (χ2v) is 7.81. The first-order valence-corrected chi connectivity index (χ1v) is 10.1. The molecule has 0 amide bonds. The van der Waals surface area contributed by atoms with Crippen molar-refractivity contribution in [1.29, 1.82) is 0 Å². The quantitative estimate of drug-likeness (QED) is 0.651. The molecule has 2 rings (SSSR count). The fraction of sp³-hybridized carbons (Fsp3) is 1.00. The van der Waals surface area contributed by atoms with Gasteiger partial charge in [-0.05, 0) is 38.5 Å². The van der Waals surface area contributed by atoms with Crippen molar-refractivity contribution in [3.63, 3.8) is 0 Å². The minimum Gasteiger partial charge on any atom is -0.311 e. The summed E-state index contributed by atoms with van der Waals surface area (Å²) in [5.41, 5.74) is 0. The molecule has 0 unspecified atom stereocenters. The van der Waals surface area contributed by atoms with Gasteiger partial charge in [-0.1, -0.05) is 77.0 Å². The molecule has 0 heterocycles. The van der Waals surface area contributed by atoms with Crippen LogP contribution in [0.3, 0.4) is 0 Å². The van der Waals surface area contributed by atoms with Gasteiger partial charge in [-0.15, -0.1) is 0 Å². The molecule has 124 valence electrons. The molecule has 2 aliphatic rings. The molecule has 2 aliphatic carbocycles. The van der Waals surface area contributed by atoms with Gasteiger partial charge in [-0.3, -0.25) is 0 Å². The summed E-state index contributed by atoms with van der Waals surface area (Å²) in [5.74, 6) is 0.958. The Balaban J connectivity index is 1.73. The Kier molecular flexibility index (Phi) is 8.78. The fourth-order valence-corrected chi connectivity index (χ4v) is 4.47. The van der Waals surface area contributed by atoms with E-state index in [-0.39, 0.29) is 0 Å². The Hall–Kier alpha value is -0.0400. The molecule has 0 aromatic rings. The SMILES string of the molecule is C[C@H](NC1CCCCCCCCCCC1)C1CCCCC1. The summed E-state index contributed by atoms with van der Waals surface area (Å²) in [6.45, 7) is 2.46. The van der Waals surface area contributed by atoms with Gasteiger partial charge >= 0.3 is 0 Å². The summed E-state index contributed by atoms with van der Waals surface area (Å²) in [4.78, 5) is 0. The molecule has 1 nitrogen and oxygen atoms in total. The summed E-state index contributed by atoms with van der Waals surface area (Å²) in [7, 11) is 0. The summed E-state index contributed by atoms with van der Waals surface area (Å²) < 4.78 is 0. The van der Waals surface area contributed by atoms with Crippen molar-refractivity contribution < 1.29 is 0 Å². The summed E-state index contributed by atoms with van der Waals surface area (Å²) in [6, 6.07) is 1.56. The molecule has 0 radical (unpaired) electrons. The van der Waals surface area contributed by atoms with E-state index >= 15 is 0 Å². The maximum absolute atomic E-state index is 4.04. The monoisotopic (exact) mass is 293 g/mol.